The second kappa shape index (κ2) is 13.9. The van der Waals surface area contributed by atoms with Crippen molar-refractivity contribution in [1.82, 2.24) is 0 Å². The first-order chi connectivity index (χ1) is 7.41. The van der Waals surface area contributed by atoms with Gasteiger partial charge in [-0.2, -0.15) is 0 Å². The summed E-state index contributed by atoms with van der Waals surface area (Å²) in [5.74, 6) is 0. The first-order valence-corrected chi connectivity index (χ1v) is 6.57. The van der Waals surface area contributed by atoms with E-state index in [0.717, 1.165) is 26.4 Å². The van der Waals surface area contributed by atoms with Crippen molar-refractivity contribution in [2.75, 3.05) is 26.4 Å². The molecule has 2 heteroatoms. The lowest BCUT2D eigenvalue weighted by molar-refractivity contribution is 0.0512. The van der Waals surface area contributed by atoms with E-state index in [0.29, 0.717) is 0 Å². The van der Waals surface area contributed by atoms with Crippen molar-refractivity contribution in [3.05, 3.63) is 0 Å². The Kier molecular flexibility index (Phi) is 13.8. The standard InChI is InChI=1S/C13H28O2/c1-3-5-6-7-8-9-10-11-15-13-12-14-4-2/h3-13H2,1-2H3. The van der Waals surface area contributed by atoms with Crippen LogP contribution in [-0.4, -0.2) is 26.4 Å². The number of unbranched alkanes of at least 4 members (excludes halogenated alkanes) is 6. The van der Waals surface area contributed by atoms with Crippen LogP contribution in [0.25, 0.3) is 0 Å². The molecular formula is C13H28O2. The Balaban J connectivity index is 2.81. The van der Waals surface area contributed by atoms with E-state index in [9.17, 15) is 0 Å². The van der Waals surface area contributed by atoms with Crippen LogP contribution in [0.4, 0.5) is 0 Å². The van der Waals surface area contributed by atoms with Gasteiger partial charge in [0.2, 0.25) is 0 Å². The molecule has 0 amide bonds. The van der Waals surface area contributed by atoms with Crippen LogP contribution in [0.3, 0.4) is 0 Å². The average molecular weight is 216 g/mol. The molecule has 15 heavy (non-hydrogen) atoms. The van der Waals surface area contributed by atoms with Gasteiger partial charge in [-0.25, -0.2) is 0 Å². The first kappa shape index (κ1) is 14.9. The summed E-state index contributed by atoms with van der Waals surface area (Å²) in [5.41, 5.74) is 0. The van der Waals surface area contributed by atoms with Crippen molar-refractivity contribution in [1.29, 1.82) is 0 Å². The number of hydrogen-bond donors (Lipinski definition) is 0. The Hall–Kier alpha value is -0.0800. The minimum Gasteiger partial charge on any atom is -0.379 e. The molecule has 0 unspecified atom stereocenters. The fourth-order valence-electron chi connectivity index (χ4n) is 1.53. The summed E-state index contributed by atoms with van der Waals surface area (Å²) in [6.07, 6.45) is 9.42. The normalized spacial score (nSPS) is 10.8. The lowest BCUT2D eigenvalue weighted by atomic mass is 10.1. The zero-order chi connectivity index (χ0) is 11.2. The van der Waals surface area contributed by atoms with Gasteiger partial charge in [0, 0.05) is 13.2 Å². The van der Waals surface area contributed by atoms with Gasteiger partial charge in [-0.15, -0.1) is 0 Å². The molecular weight excluding hydrogens is 188 g/mol. The molecule has 0 radical (unpaired) electrons. The molecule has 92 valence electrons. The lowest BCUT2D eigenvalue weighted by Crippen LogP contribution is -2.04. The smallest absolute Gasteiger partial charge is 0.0700 e. The fraction of sp³-hybridized carbons (Fsp3) is 1.00. The summed E-state index contributed by atoms with van der Waals surface area (Å²) in [5, 5.41) is 0. The monoisotopic (exact) mass is 216 g/mol. The van der Waals surface area contributed by atoms with E-state index in [-0.39, 0.29) is 0 Å². The summed E-state index contributed by atoms with van der Waals surface area (Å²) in [4.78, 5) is 0. The van der Waals surface area contributed by atoms with Gasteiger partial charge in [-0.3, -0.25) is 0 Å². The Morgan fingerprint density at radius 2 is 1.20 bits per heavy atom. The molecule has 0 N–H and O–H groups in total. The summed E-state index contributed by atoms with van der Waals surface area (Å²) >= 11 is 0. The van der Waals surface area contributed by atoms with Gasteiger partial charge >= 0.3 is 0 Å². The molecule has 0 aliphatic heterocycles. The van der Waals surface area contributed by atoms with Crippen LogP contribution in [-0.2, 0) is 9.47 Å². The van der Waals surface area contributed by atoms with E-state index in [1.54, 1.807) is 0 Å². The second-order valence-electron chi connectivity index (χ2n) is 3.93. The largest absolute Gasteiger partial charge is 0.379 e. The highest BCUT2D eigenvalue weighted by Crippen LogP contribution is 2.06. The van der Waals surface area contributed by atoms with E-state index in [1.807, 2.05) is 6.92 Å². The summed E-state index contributed by atoms with van der Waals surface area (Å²) in [7, 11) is 0. The van der Waals surface area contributed by atoms with E-state index < -0.39 is 0 Å². The third-order valence-electron chi connectivity index (χ3n) is 2.47. The van der Waals surface area contributed by atoms with Crippen molar-refractivity contribution in [3.8, 4) is 0 Å². The molecule has 0 aliphatic rings. The predicted octanol–water partition coefficient (Wildman–Crippen LogP) is 3.79. The molecule has 0 saturated heterocycles. The zero-order valence-corrected chi connectivity index (χ0v) is 10.6. The highest BCUT2D eigenvalue weighted by molar-refractivity contribution is 4.44. The molecule has 0 aliphatic carbocycles. The Morgan fingerprint density at radius 3 is 1.87 bits per heavy atom. The molecule has 0 rings (SSSR count). The van der Waals surface area contributed by atoms with Crippen LogP contribution in [0.1, 0.15) is 58.8 Å². The summed E-state index contributed by atoms with van der Waals surface area (Å²) in [6, 6.07) is 0. The van der Waals surface area contributed by atoms with Crippen LogP contribution in [0.2, 0.25) is 0 Å². The van der Waals surface area contributed by atoms with Gasteiger partial charge in [-0.05, 0) is 13.3 Å². The Bertz CT molecular complexity index is 92.7. The van der Waals surface area contributed by atoms with Gasteiger partial charge in [0.25, 0.3) is 0 Å². The van der Waals surface area contributed by atoms with Crippen molar-refractivity contribution in [2.24, 2.45) is 0 Å². The fourth-order valence-corrected chi connectivity index (χ4v) is 1.53. The van der Waals surface area contributed by atoms with Crippen LogP contribution in [0.15, 0.2) is 0 Å². The predicted molar refractivity (Wildman–Crippen MR) is 65.3 cm³/mol. The van der Waals surface area contributed by atoms with E-state index in [1.165, 1.54) is 44.9 Å². The molecule has 0 atom stereocenters. The van der Waals surface area contributed by atoms with E-state index >= 15 is 0 Å². The molecule has 0 heterocycles. The number of rotatable bonds is 12. The molecule has 0 saturated carbocycles. The summed E-state index contributed by atoms with van der Waals surface area (Å²) in [6.45, 7) is 7.46. The van der Waals surface area contributed by atoms with Crippen molar-refractivity contribution < 1.29 is 9.47 Å². The van der Waals surface area contributed by atoms with Gasteiger partial charge in [0.15, 0.2) is 0 Å². The van der Waals surface area contributed by atoms with Crippen LogP contribution in [0.5, 0.6) is 0 Å². The molecule has 2 nitrogen and oxygen atoms in total. The Labute approximate surface area is 95.3 Å². The first-order valence-electron chi connectivity index (χ1n) is 6.57. The van der Waals surface area contributed by atoms with Crippen LogP contribution in [0, 0.1) is 0 Å². The molecule has 0 aromatic heterocycles. The zero-order valence-electron chi connectivity index (χ0n) is 10.6. The molecule has 0 bridgehead atoms. The Morgan fingerprint density at radius 1 is 0.600 bits per heavy atom. The van der Waals surface area contributed by atoms with Crippen molar-refractivity contribution in [2.45, 2.75) is 58.8 Å². The average Bonchev–Trinajstić information content (AvgIpc) is 2.26. The maximum atomic E-state index is 5.44. The minimum atomic E-state index is 0.743. The number of ether oxygens (including phenoxy) is 2. The third-order valence-corrected chi connectivity index (χ3v) is 2.47. The third kappa shape index (κ3) is 13.9. The molecule has 0 spiro atoms. The van der Waals surface area contributed by atoms with Gasteiger partial charge in [-0.1, -0.05) is 45.4 Å². The SMILES string of the molecule is CCCCCCCCCOCCOCC. The maximum Gasteiger partial charge on any atom is 0.0700 e. The second-order valence-corrected chi connectivity index (χ2v) is 3.93. The quantitative estimate of drug-likeness (QED) is 0.462. The number of hydrogen-bond acceptors (Lipinski definition) is 2. The maximum absolute atomic E-state index is 5.44. The molecule has 0 aromatic carbocycles. The van der Waals surface area contributed by atoms with E-state index in [2.05, 4.69) is 6.92 Å². The highest BCUT2D eigenvalue weighted by Gasteiger charge is 1.91. The van der Waals surface area contributed by atoms with Gasteiger partial charge in [0.1, 0.15) is 0 Å². The molecule has 0 fully saturated rings. The lowest BCUT2D eigenvalue weighted by Gasteiger charge is -2.04. The van der Waals surface area contributed by atoms with Gasteiger partial charge in [0.05, 0.1) is 13.2 Å². The van der Waals surface area contributed by atoms with Crippen LogP contribution < -0.4 is 0 Å². The minimum absolute atomic E-state index is 0.743. The van der Waals surface area contributed by atoms with Crippen molar-refractivity contribution >= 4 is 0 Å². The highest BCUT2D eigenvalue weighted by atomic mass is 16.5. The van der Waals surface area contributed by atoms with Crippen LogP contribution >= 0.6 is 0 Å². The van der Waals surface area contributed by atoms with Gasteiger partial charge < -0.3 is 9.47 Å². The van der Waals surface area contributed by atoms with Crippen molar-refractivity contribution in [3.63, 3.8) is 0 Å². The topological polar surface area (TPSA) is 18.5 Å². The molecule has 0 aromatic rings. The van der Waals surface area contributed by atoms with E-state index in [4.69, 9.17) is 9.47 Å². The summed E-state index contributed by atoms with van der Waals surface area (Å²) < 4.78 is 10.6.